The second kappa shape index (κ2) is 6.24. The molecule has 0 saturated heterocycles. The quantitative estimate of drug-likeness (QED) is 0.823. The van der Waals surface area contributed by atoms with Crippen molar-refractivity contribution in [2.24, 2.45) is 0 Å². The summed E-state index contributed by atoms with van der Waals surface area (Å²) >= 11 is 0. The van der Waals surface area contributed by atoms with Crippen LogP contribution in [0.1, 0.15) is 40.9 Å². The van der Waals surface area contributed by atoms with Crippen molar-refractivity contribution in [3.8, 4) is 0 Å². The zero-order valence-corrected chi connectivity index (χ0v) is 12.3. The van der Waals surface area contributed by atoms with E-state index in [0.29, 0.717) is 0 Å². The molecule has 0 aliphatic rings. The van der Waals surface area contributed by atoms with Gasteiger partial charge in [0.25, 0.3) is 0 Å². The summed E-state index contributed by atoms with van der Waals surface area (Å²) in [5.74, 6) is -0.664. The minimum atomic E-state index is -1.04. The molecule has 0 unspecified atom stereocenters. The van der Waals surface area contributed by atoms with E-state index in [1.165, 1.54) is 6.20 Å². The van der Waals surface area contributed by atoms with E-state index in [1.807, 2.05) is 0 Å². The number of aliphatic hydroxyl groups is 1. The molecule has 2 aromatic heterocycles. The zero-order chi connectivity index (χ0) is 18.1. The summed E-state index contributed by atoms with van der Waals surface area (Å²) < 4.78 is 35.7. The molecule has 2 rings (SSSR count). The van der Waals surface area contributed by atoms with Gasteiger partial charge in [0, 0.05) is 6.17 Å². The normalized spacial score (nSPS) is 13.8. The van der Waals surface area contributed by atoms with E-state index in [2.05, 4.69) is 4.98 Å². The van der Waals surface area contributed by atoms with Gasteiger partial charge in [0.1, 0.15) is 5.65 Å². The number of hydrogen-bond donors (Lipinski definition) is 1. The molecule has 114 valence electrons. The number of ether oxygens (including phenoxy) is 2. The number of aromatic nitrogens is 2. The summed E-state index contributed by atoms with van der Waals surface area (Å²) in [6.45, 7) is 4.90. The fourth-order valence-electron chi connectivity index (χ4n) is 1.67. The van der Waals surface area contributed by atoms with E-state index in [0.717, 1.165) is 4.40 Å². The Morgan fingerprint density at radius 1 is 1.57 bits per heavy atom. The number of esters is 1. The lowest BCUT2D eigenvalue weighted by molar-refractivity contribution is -0.0268. The number of nitrogens with zero attached hydrogens (tertiary/aromatic N) is 2. The lowest BCUT2D eigenvalue weighted by Crippen LogP contribution is -2.25. The van der Waals surface area contributed by atoms with Crippen LogP contribution in [0.25, 0.3) is 5.65 Å². The van der Waals surface area contributed by atoms with Crippen LogP contribution in [0.5, 0.6) is 0 Å². The third-order valence-corrected chi connectivity index (χ3v) is 2.53. The predicted molar refractivity (Wildman–Crippen MR) is 77.1 cm³/mol. The van der Waals surface area contributed by atoms with Gasteiger partial charge >= 0.3 is 5.97 Å². The van der Waals surface area contributed by atoms with Crippen molar-refractivity contribution >= 4 is 11.6 Å². The van der Waals surface area contributed by atoms with E-state index >= 15 is 0 Å². The maximum absolute atomic E-state index is 11.9. The third kappa shape index (κ3) is 4.03. The van der Waals surface area contributed by atoms with Crippen molar-refractivity contribution in [2.75, 3.05) is 13.2 Å². The van der Waals surface area contributed by atoms with Gasteiger partial charge in [-0.15, -0.1) is 0 Å². The maximum atomic E-state index is 11.9. The summed E-state index contributed by atoms with van der Waals surface area (Å²) in [6, 6.07) is -0.325. The Balaban J connectivity index is 2.44. The van der Waals surface area contributed by atoms with Crippen LogP contribution in [0.15, 0.2) is 24.5 Å². The number of carbonyl (C=O) groups excluding carboxylic acids is 1. The Hall–Kier alpha value is -1.92. The molecule has 6 nitrogen and oxygen atoms in total. The number of carbonyl (C=O) groups is 1. The molecule has 0 saturated carbocycles. The van der Waals surface area contributed by atoms with Crippen molar-refractivity contribution < 1.29 is 23.5 Å². The lowest BCUT2D eigenvalue weighted by Gasteiger charge is -2.16. The first-order valence-electron chi connectivity index (χ1n) is 8.10. The maximum Gasteiger partial charge on any atom is 0.356 e. The number of pyridine rings is 1. The van der Waals surface area contributed by atoms with E-state index < -0.39 is 11.6 Å². The molecule has 0 atom stereocenters. The topological polar surface area (TPSA) is 73.1 Å². The molecule has 0 radical (unpaired) electrons. The SMILES string of the molecule is [2H]c1c(COCC(C)(C)O)c([2H])c2ncc(C(=O)OCC)n2c1[2H]. The van der Waals surface area contributed by atoms with Gasteiger partial charge in [0.15, 0.2) is 5.69 Å². The van der Waals surface area contributed by atoms with E-state index in [-0.39, 0.29) is 55.0 Å². The van der Waals surface area contributed by atoms with Crippen molar-refractivity contribution in [3.63, 3.8) is 0 Å². The Morgan fingerprint density at radius 3 is 3.00 bits per heavy atom. The molecule has 6 heteroatoms. The molecule has 1 N–H and O–H groups in total. The molecule has 0 aromatic carbocycles. The van der Waals surface area contributed by atoms with Gasteiger partial charge < -0.3 is 14.6 Å². The van der Waals surface area contributed by atoms with Gasteiger partial charge in [-0.1, -0.05) is 0 Å². The van der Waals surface area contributed by atoms with E-state index in [9.17, 15) is 9.90 Å². The van der Waals surface area contributed by atoms with Gasteiger partial charge in [-0.2, -0.15) is 0 Å². The summed E-state index contributed by atoms with van der Waals surface area (Å²) in [7, 11) is 0. The van der Waals surface area contributed by atoms with Crippen LogP contribution in [0.2, 0.25) is 0 Å². The summed E-state index contributed by atoms with van der Waals surface area (Å²) in [5.41, 5.74) is -0.774. The molecule has 0 amide bonds. The molecular formula is C15H20N2O4. The van der Waals surface area contributed by atoms with E-state index in [1.54, 1.807) is 20.8 Å². The Labute approximate surface area is 127 Å². The average Bonchev–Trinajstić information content (AvgIpc) is 2.93. The first-order valence-corrected chi connectivity index (χ1v) is 6.60. The highest BCUT2D eigenvalue weighted by Gasteiger charge is 2.14. The Morgan fingerprint density at radius 2 is 2.33 bits per heavy atom. The second-order valence-electron chi connectivity index (χ2n) is 5.17. The van der Waals surface area contributed by atoms with Crippen LogP contribution in [0, 0.1) is 0 Å². The van der Waals surface area contributed by atoms with Crippen molar-refractivity contribution in [3.05, 3.63) is 35.7 Å². The summed E-state index contributed by atoms with van der Waals surface area (Å²) in [6.07, 6.45) is 0.952. The summed E-state index contributed by atoms with van der Waals surface area (Å²) in [5, 5.41) is 9.65. The third-order valence-electron chi connectivity index (χ3n) is 2.53. The molecule has 0 spiro atoms. The van der Waals surface area contributed by atoms with Crippen LogP contribution < -0.4 is 0 Å². The first kappa shape index (κ1) is 11.7. The number of imidazole rings is 1. The highest BCUT2D eigenvalue weighted by Crippen LogP contribution is 2.12. The minimum Gasteiger partial charge on any atom is -0.461 e. The van der Waals surface area contributed by atoms with Crippen molar-refractivity contribution in [2.45, 2.75) is 33.0 Å². The van der Waals surface area contributed by atoms with Gasteiger partial charge in [-0.25, -0.2) is 9.78 Å². The minimum absolute atomic E-state index is 0.00260. The second-order valence-corrected chi connectivity index (χ2v) is 5.17. The molecule has 0 fully saturated rings. The van der Waals surface area contributed by atoms with Gasteiger partial charge in [-0.05, 0) is 38.4 Å². The Bertz CT molecular complexity index is 768. The van der Waals surface area contributed by atoms with Crippen LogP contribution in [0.4, 0.5) is 0 Å². The molecule has 0 aliphatic heterocycles. The molecule has 0 aliphatic carbocycles. The van der Waals surface area contributed by atoms with Gasteiger partial charge in [0.05, 0.1) is 35.7 Å². The number of fused-ring (bicyclic) bond motifs is 1. The fraction of sp³-hybridized carbons (Fsp3) is 0.467. The molecule has 2 aromatic rings. The van der Waals surface area contributed by atoms with Crippen LogP contribution >= 0.6 is 0 Å². The number of rotatable bonds is 6. The van der Waals surface area contributed by atoms with Crippen LogP contribution in [-0.4, -0.2) is 39.3 Å². The molecule has 21 heavy (non-hydrogen) atoms. The standard InChI is InChI=1S/C15H20N2O4/c1-4-21-14(18)12-8-16-13-7-11(5-6-17(12)13)9-20-10-15(2,3)19/h5-8,19H,4,9-10H2,1-3H3/i5D,6D,7D. The predicted octanol–water partition coefficient (Wildman–Crippen LogP) is 1.80. The average molecular weight is 295 g/mol. The monoisotopic (exact) mass is 295 g/mol. The summed E-state index contributed by atoms with van der Waals surface area (Å²) in [4.78, 5) is 15.9. The van der Waals surface area contributed by atoms with E-state index in [4.69, 9.17) is 13.6 Å². The largest absolute Gasteiger partial charge is 0.461 e. The molecule has 0 bridgehead atoms. The van der Waals surface area contributed by atoms with Crippen LogP contribution in [0.3, 0.4) is 0 Å². The Kier molecular flexibility index (Phi) is 3.48. The van der Waals surface area contributed by atoms with Gasteiger partial charge in [-0.3, -0.25) is 4.40 Å². The number of hydrogen-bond acceptors (Lipinski definition) is 5. The van der Waals surface area contributed by atoms with Crippen molar-refractivity contribution in [1.82, 2.24) is 9.38 Å². The first-order chi connectivity index (χ1) is 11.2. The lowest BCUT2D eigenvalue weighted by atomic mass is 10.2. The highest BCUT2D eigenvalue weighted by molar-refractivity contribution is 5.88. The smallest absolute Gasteiger partial charge is 0.356 e. The zero-order valence-electron chi connectivity index (χ0n) is 15.3. The fourth-order valence-corrected chi connectivity index (χ4v) is 1.67. The highest BCUT2D eigenvalue weighted by atomic mass is 16.5. The van der Waals surface area contributed by atoms with Crippen molar-refractivity contribution in [1.29, 1.82) is 0 Å². The molecular weight excluding hydrogens is 272 g/mol. The van der Waals surface area contributed by atoms with Gasteiger partial charge in [0.2, 0.25) is 0 Å². The van der Waals surface area contributed by atoms with Crippen LogP contribution in [-0.2, 0) is 16.1 Å². The molecule has 2 heterocycles.